The predicted molar refractivity (Wildman–Crippen MR) is 127 cm³/mol. The fourth-order valence-electron chi connectivity index (χ4n) is 5.08. The summed E-state index contributed by atoms with van der Waals surface area (Å²) in [4.78, 5) is 24.2. The molecule has 33 heavy (non-hydrogen) atoms. The van der Waals surface area contributed by atoms with Gasteiger partial charge >= 0.3 is 6.03 Å². The second-order valence-electron chi connectivity index (χ2n) is 8.64. The number of benzene rings is 3. The van der Waals surface area contributed by atoms with Crippen molar-refractivity contribution in [1.82, 2.24) is 0 Å². The summed E-state index contributed by atoms with van der Waals surface area (Å²) in [7, 11) is 0. The molecule has 1 spiro atoms. The molecule has 1 heterocycles. The normalized spacial score (nSPS) is 20.9. The second kappa shape index (κ2) is 7.48. The highest BCUT2D eigenvalue weighted by Crippen LogP contribution is 2.59. The molecular weight excluding hydrogens is 412 g/mol. The topological polar surface area (TPSA) is 52.5 Å². The van der Waals surface area contributed by atoms with Crippen molar-refractivity contribution in [2.24, 2.45) is 0 Å². The van der Waals surface area contributed by atoms with Crippen LogP contribution in [0.1, 0.15) is 30.4 Å². The van der Waals surface area contributed by atoms with Crippen molar-refractivity contribution < 1.29 is 9.90 Å². The first-order chi connectivity index (χ1) is 15.9. The number of carbonyl (C=O) groups excluding carboxylic acids is 1. The molecule has 1 aliphatic carbocycles. The number of anilines is 2. The van der Waals surface area contributed by atoms with Gasteiger partial charge in [0.25, 0.3) is 0 Å². The summed E-state index contributed by atoms with van der Waals surface area (Å²) in [5.41, 5.74) is 1.12. The van der Waals surface area contributed by atoms with Crippen LogP contribution >= 0.6 is 0 Å². The number of amides is 2. The summed E-state index contributed by atoms with van der Waals surface area (Å²) < 4.78 is 0. The van der Waals surface area contributed by atoms with Gasteiger partial charge in [0.1, 0.15) is 5.54 Å². The van der Waals surface area contributed by atoms with Gasteiger partial charge in [-0.1, -0.05) is 48.0 Å². The Balaban J connectivity index is 1.76. The molecule has 162 valence electrons. The standard InChI is InChI=1S/C27H22N4O2/c1-19-8-12-23(13-9-19)30-25(32)31(24-14-10-21(28-2)11-15-24)27(33,26(30)16-5-17-26)20-6-4-7-22(18-20)29-3/h4,6-15,18,33H,5,16-17H2,1H3. The first kappa shape index (κ1) is 20.8. The number of urea groups is 1. The van der Waals surface area contributed by atoms with Crippen molar-refractivity contribution in [3.05, 3.63) is 107 Å². The van der Waals surface area contributed by atoms with E-state index in [1.54, 1.807) is 53.4 Å². The van der Waals surface area contributed by atoms with E-state index in [1.165, 1.54) is 4.90 Å². The number of aryl methyl sites for hydroxylation is 1. The summed E-state index contributed by atoms with van der Waals surface area (Å²) in [6, 6.07) is 21.0. The lowest BCUT2D eigenvalue weighted by Crippen LogP contribution is -2.63. The highest BCUT2D eigenvalue weighted by Gasteiger charge is 2.70. The van der Waals surface area contributed by atoms with Gasteiger partial charge in [-0.15, -0.1) is 0 Å². The van der Waals surface area contributed by atoms with Crippen LogP contribution in [0.3, 0.4) is 0 Å². The minimum absolute atomic E-state index is 0.329. The summed E-state index contributed by atoms with van der Waals surface area (Å²) in [5.74, 6) is 0. The van der Waals surface area contributed by atoms with Crippen molar-refractivity contribution in [2.75, 3.05) is 9.80 Å². The first-order valence-corrected chi connectivity index (χ1v) is 10.8. The summed E-state index contributed by atoms with van der Waals surface area (Å²) >= 11 is 0. The van der Waals surface area contributed by atoms with E-state index in [0.717, 1.165) is 17.7 Å². The summed E-state index contributed by atoms with van der Waals surface area (Å²) in [6.45, 7) is 16.7. The number of hydrogen-bond donors (Lipinski definition) is 1. The van der Waals surface area contributed by atoms with Crippen LogP contribution in [-0.2, 0) is 5.72 Å². The molecule has 6 heteroatoms. The highest BCUT2D eigenvalue weighted by molar-refractivity contribution is 6.09. The molecule has 1 atom stereocenters. The van der Waals surface area contributed by atoms with E-state index >= 15 is 0 Å². The maximum absolute atomic E-state index is 14.1. The van der Waals surface area contributed by atoms with E-state index in [9.17, 15) is 9.90 Å². The van der Waals surface area contributed by atoms with Crippen LogP contribution in [0.25, 0.3) is 9.69 Å². The van der Waals surface area contributed by atoms with Gasteiger partial charge in [0, 0.05) is 11.4 Å². The van der Waals surface area contributed by atoms with Crippen LogP contribution in [0, 0.1) is 20.1 Å². The molecule has 1 unspecified atom stereocenters. The molecule has 2 aliphatic rings. The van der Waals surface area contributed by atoms with E-state index in [4.69, 9.17) is 13.1 Å². The molecule has 5 rings (SSSR count). The van der Waals surface area contributed by atoms with E-state index in [2.05, 4.69) is 9.69 Å². The number of hydrogen-bond acceptors (Lipinski definition) is 2. The zero-order chi connectivity index (χ0) is 23.2. The Morgan fingerprint density at radius 1 is 0.848 bits per heavy atom. The Labute approximate surface area is 192 Å². The molecular formula is C27H22N4O2. The third-order valence-corrected chi connectivity index (χ3v) is 6.87. The molecule has 1 N–H and O–H groups in total. The van der Waals surface area contributed by atoms with Crippen LogP contribution in [0.4, 0.5) is 27.5 Å². The molecule has 2 amide bonds. The second-order valence-corrected chi connectivity index (χ2v) is 8.64. The van der Waals surface area contributed by atoms with Gasteiger partial charge in [-0.25, -0.2) is 14.5 Å². The maximum Gasteiger partial charge on any atom is 0.332 e. The van der Waals surface area contributed by atoms with E-state index < -0.39 is 11.3 Å². The highest BCUT2D eigenvalue weighted by atomic mass is 16.3. The van der Waals surface area contributed by atoms with Crippen molar-refractivity contribution in [2.45, 2.75) is 37.5 Å². The SMILES string of the molecule is [C-]#[N+]c1ccc(N2C(=O)N(c3ccc(C)cc3)C3(CCC3)C2(O)c2cccc([N+]#[C-])c2)cc1. The van der Waals surface area contributed by atoms with Gasteiger partial charge in [-0.2, -0.15) is 0 Å². The zero-order valence-corrected chi connectivity index (χ0v) is 18.2. The van der Waals surface area contributed by atoms with Crippen molar-refractivity contribution in [1.29, 1.82) is 0 Å². The molecule has 3 aromatic rings. The fraction of sp³-hybridized carbons (Fsp3) is 0.222. The fourth-order valence-corrected chi connectivity index (χ4v) is 5.08. The third-order valence-electron chi connectivity index (χ3n) is 6.87. The van der Waals surface area contributed by atoms with Crippen molar-refractivity contribution in [3.8, 4) is 0 Å². The van der Waals surface area contributed by atoms with Gasteiger partial charge in [0.05, 0.1) is 13.1 Å². The van der Waals surface area contributed by atoms with Crippen LogP contribution in [0.5, 0.6) is 0 Å². The molecule has 0 aromatic heterocycles. The Morgan fingerprint density at radius 3 is 2.03 bits per heavy atom. The maximum atomic E-state index is 14.1. The van der Waals surface area contributed by atoms with Crippen LogP contribution in [-0.4, -0.2) is 16.7 Å². The average Bonchev–Trinajstić information content (AvgIpc) is 3.04. The van der Waals surface area contributed by atoms with Crippen LogP contribution < -0.4 is 9.80 Å². The molecule has 3 aromatic carbocycles. The Morgan fingerprint density at radius 2 is 1.45 bits per heavy atom. The number of nitrogens with zero attached hydrogens (tertiary/aromatic N) is 4. The molecule has 1 aliphatic heterocycles. The van der Waals surface area contributed by atoms with Crippen LogP contribution in [0.2, 0.25) is 0 Å². The summed E-state index contributed by atoms with van der Waals surface area (Å²) in [5, 5.41) is 12.5. The predicted octanol–water partition coefficient (Wildman–Crippen LogP) is 6.31. The number of rotatable bonds is 3. The minimum Gasteiger partial charge on any atom is -0.365 e. The number of carbonyl (C=O) groups is 1. The molecule has 6 nitrogen and oxygen atoms in total. The Hall–Kier alpha value is -4.13. The molecule has 1 saturated heterocycles. The smallest absolute Gasteiger partial charge is 0.332 e. The Kier molecular flexibility index (Phi) is 4.70. The largest absolute Gasteiger partial charge is 0.365 e. The summed E-state index contributed by atoms with van der Waals surface area (Å²) in [6.07, 6.45) is 2.13. The molecule has 2 fully saturated rings. The molecule has 1 saturated carbocycles. The van der Waals surface area contributed by atoms with E-state index in [1.807, 2.05) is 31.2 Å². The van der Waals surface area contributed by atoms with E-state index in [0.29, 0.717) is 35.5 Å². The van der Waals surface area contributed by atoms with Gasteiger partial charge in [0.15, 0.2) is 17.1 Å². The van der Waals surface area contributed by atoms with E-state index in [-0.39, 0.29) is 6.03 Å². The quantitative estimate of drug-likeness (QED) is 0.491. The molecule has 0 bridgehead atoms. The lowest BCUT2D eigenvalue weighted by Gasteiger charge is -2.52. The van der Waals surface area contributed by atoms with Crippen molar-refractivity contribution >= 4 is 28.8 Å². The van der Waals surface area contributed by atoms with Gasteiger partial charge in [-0.3, -0.25) is 9.80 Å². The Bertz CT molecular complexity index is 1310. The van der Waals surface area contributed by atoms with Crippen molar-refractivity contribution in [3.63, 3.8) is 0 Å². The number of aliphatic hydroxyl groups is 1. The monoisotopic (exact) mass is 434 g/mol. The lowest BCUT2D eigenvalue weighted by molar-refractivity contribution is -0.0524. The minimum atomic E-state index is -1.69. The van der Waals surface area contributed by atoms with Gasteiger partial charge in [-0.05, 0) is 62.1 Å². The average molecular weight is 434 g/mol. The first-order valence-electron chi connectivity index (χ1n) is 10.8. The van der Waals surface area contributed by atoms with Gasteiger partial charge in [0.2, 0.25) is 0 Å². The third kappa shape index (κ3) is 2.85. The lowest BCUT2D eigenvalue weighted by atomic mass is 9.66. The molecule has 0 radical (unpaired) electrons. The van der Waals surface area contributed by atoms with Crippen LogP contribution in [0.15, 0.2) is 72.8 Å². The zero-order valence-electron chi connectivity index (χ0n) is 18.2. The van der Waals surface area contributed by atoms with Gasteiger partial charge < -0.3 is 5.11 Å².